The number of para-hydroxylation sites is 2. The van der Waals surface area contributed by atoms with Crippen LogP contribution in [0.2, 0.25) is 0 Å². The lowest BCUT2D eigenvalue weighted by molar-refractivity contribution is 1.18. The van der Waals surface area contributed by atoms with Crippen LogP contribution in [0.15, 0.2) is 252 Å². The van der Waals surface area contributed by atoms with Gasteiger partial charge in [-0.15, -0.1) is 0 Å². The van der Waals surface area contributed by atoms with Gasteiger partial charge in [0.1, 0.15) is 11.3 Å². The van der Waals surface area contributed by atoms with Crippen molar-refractivity contribution in [2.45, 2.75) is 0 Å². The summed E-state index contributed by atoms with van der Waals surface area (Å²) in [5, 5.41) is 4.96. The first-order valence-electron chi connectivity index (χ1n) is 26.5. The monoisotopic (exact) mass is 1150 g/mol. The predicted molar refractivity (Wildman–Crippen MR) is 360 cm³/mol. The molecule has 81 heavy (non-hydrogen) atoms. The van der Waals surface area contributed by atoms with Crippen molar-refractivity contribution in [1.82, 2.24) is 27.9 Å². The summed E-state index contributed by atoms with van der Waals surface area (Å²) in [5.74, 6) is 0. The Balaban J connectivity index is 0.000000167. The summed E-state index contributed by atoms with van der Waals surface area (Å²) < 4.78 is 11.0. The zero-order chi connectivity index (χ0) is 55.7. The second-order valence-corrected chi connectivity index (χ2v) is 21.8. The lowest BCUT2D eigenvalue weighted by Crippen LogP contribution is -2.63. The van der Waals surface area contributed by atoms with Crippen LogP contribution in [0.4, 0.5) is 0 Å². The summed E-state index contributed by atoms with van der Waals surface area (Å²) in [6.45, 7) is 0. The van der Waals surface area contributed by atoms with Crippen molar-refractivity contribution in [3.05, 3.63) is 252 Å². The van der Waals surface area contributed by atoms with Crippen LogP contribution in [-0.4, -0.2) is 107 Å². The summed E-state index contributed by atoms with van der Waals surface area (Å²) in [6, 6.07) is 77.3. The molecule has 0 unspecified atom stereocenters. The largest absolute Gasteiger partial charge is 0.309 e. The number of fused-ring (bicyclic) bond motifs is 8. The summed E-state index contributed by atoms with van der Waals surface area (Å²) in [6.07, 6.45) is 6.08. The minimum Gasteiger partial charge on any atom is -0.309 e. The summed E-state index contributed by atoms with van der Waals surface area (Å²) in [5.41, 5.74) is 17.9. The second-order valence-electron chi connectivity index (χ2n) is 20.0. The third-order valence-electron chi connectivity index (χ3n) is 14.8. The maximum absolute atomic E-state index is 5.52. The minimum atomic E-state index is -0.648. The van der Waals surface area contributed by atoms with E-state index in [1.165, 1.54) is 78.6 Å². The van der Waals surface area contributed by atoms with E-state index < -0.39 is 19.2 Å². The van der Waals surface area contributed by atoms with Crippen LogP contribution in [-0.2, 0) is 0 Å². The fourth-order valence-corrected chi connectivity index (χ4v) is 11.5. The molecule has 0 saturated carbocycles. The normalized spacial score (nSPS) is 11.1. The Hall–Kier alpha value is -7.59. The van der Waals surface area contributed by atoms with Crippen LogP contribution in [0.1, 0.15) is 0 Å². The SMILES string of the molecule is Brc1ccc2c(c1)c1cc(Br)ccc1n2-c1ccccc1.[B][B]B([B])B(B([B])[B])B([B])[B].c1ccc(-n2c3ccc(-c4ccc(-c5cn6ccccc6n5)cc4)cc3c3cc(-c4ccc(-c5cn6ccccc6n5)cc4)ccc32)cc1. The van der Waals surface area contributed by atoms with E-state index in [2.05, 4.69) is 238 Å². The van der Waals surface area contributed by atoms with Gasteiger partial charge >= 0.3 is 0 Å². The predicted octanol–water partition coefficient (Wildman–Crippen LogP) is 12.9. The van der Waals surface area contributed by atoms with E-state index in [1.54, 1.807) is 0 Å². The molecule has 14 rings (SSSR count). The van der Waals surface area contributed by atoms with Crippen LogP contribution >= 0.6 is 31.9 Å². The topological polar surface area (TPSA) is 44.5 Å². The van der Waals surface area contributed by atoms with E-state index in [9.17, 15) is 0 Å². The van der Waals surface area contributed by atoms with Gasteiger partial charge < -0.3 is 17.9 Å². The van der Waals surface area contributed by atoms with E-state index >= 15 is 0 Å². The molecule has 0 atom stereocenters. The maximum Gasteiger partial charge on any atom is 0.137 e. The zero-order valence-electron chi connectivity index (χ0n) is 43.9. The molecule has 0 aliphatic heterocycles. The molecule has 19 heteroatoms. The zero-order valence-corrected chi connectivity index (χ0v) is 47.1. The molecule has 0 aliphatic carbocycles. The minimum absolute atomic E-state index is 0.389. The Morgan fingerprint density at radius 3 is 1.07 bits per heavy atom. The van der Waals surface area contributed by atoms with Crippen LogP contribution in [0.3, 0.4) is 0 Å². The molecule has 0 amide bonds. The first-order chi connectivity index (χ1) is 39.5. The molecule has 0 spiro atoms. The van der Waals surface area contributed by atoms with E-state index in [0.29, 0.717) is 0 Å². The quantitative estimate of drug-likeness (QED) is 0.128. The standard InChI is InChI=1S/C44H29N5.C18H11Br2N.B11/c1-2-8-36(9-3-1)49-41-22-20-34(30-12-16-32(17-13-30)39-28-47-24-6-4-10-43(47)45-39)26-37(41)38-27-35(21-23-42(38)49)31-14-18-33(19-15-31)40-29-48-25-7-5-11-44(48)46-40;19-12-6-8-17-15(10-12)16-11-13(20)7-9-18(16)21(17)14-4-2-1-3-5-14;1-7-10(6)11(8(2)3)9(4)5/h1-29H;1-11H;. The van der Waals surface area contributed by atoms with E-state index in [0.717, 1.165) is 48.4 Å². The Morgan fingerprint density at radius 1 is 0.370 bits per heavy atom. The molecule has 6 aromatic heterocycles. The lowest BCUT2D eigenvalue weighted by Gasteiger charge is -2.25. The summed E-state index contributed by atoms with van der Waals surface area (Å²) in [7, 11) is 33.5. The van der Waals surface area contributed by atoms with E-state index in [-0.39, 0.29) is 6.39 Å². The summed E-state index contributed by atoms with van der Waals surface area (Å²) >= 11 is 7.16. The molecule has 365 valence electrons. The Morgan fingerprint density at radius 2 is 0.716 bits per heavy atom. The molecule has 0 aliphatic rings. The molecule has 0 bridgehead atoms. The molecule has 6 heterocycles. The second kappa shape index (κ2) is 23.5. The Labute approximate surface area is 498 Å². The van der Waals surface area contributed by atoms with Crippen molar-refractivity contribution in [2.75, 3.05) is 0 Å². The first kappa shape index (κ1) is 54.0. The molecule has 6 nitrogen and oxygen atoms in total. The number of pyridine rings is 2. The molecular weight excluding hydrogens is 1110 g/mol. The van der Waals surface area contributed by atoms with Crippen LogP contribution in [0.5, 0.6) is 0 Å². The third-order valence-corrected chi connectivity index (χ3v) is 15.8. The number of halogens is 2. The van der Waals surface area contributed by atoms with E-state index in [1.807, 2.05) is 54.9 Å². The van der Waals surface area contributed by atoms with Gasteiger partial charge in [-0.05, 0) is 131 Å². The third kappa shape index (κ3) is 11.0. The lowest BCUT2D eigenvalue weighted by atomic mass is 8.56. The number of imidazole rings is 2. The van der Waals surface area contributed by atoms with Crippen LogP contribution in [0.25, 0.3) is 111 Å². The number of aromatic nitrogens is 6. The number of nitrogens with zero attached hydrogens (tertiary/aromatic N) is 6. The van der Waals surface area contributed by atoms with Gasteiger partial charge in [0, 0.05) is 157 Å². The van der Waals surface area contributed by atoms with Crippen molar-refractivity contribution >= 4 is 166 Å². The van der Waals surface area contributed by atoms with Gasteiger partial charge in [-0.3, -0.25) is 0 Å². The highest BCUT2D eigenvalue weighted by atomic mass is 79.9. The molecule has 0 fully saturated rings. The maximum atomic E-state index is 5.52. The van der Waals surface area contributed by atoms with Gasteiger partial charge in [-0.2, -0.15) is 0 Å². The van der Waals surface area contributed by atoms with Crippen molar-refractivity contribution in [1.29, 1.82) is 0 Å². The Bertz CT molecular complexity index is 4230. The van der Waals surface area contributed by atoms with Crippen LogP contribution in [0, 0.1) is 0 Å². The molecule has 13 radical (unpaired) electrons. The average molecular weight is 1150 g/mol. The number of rotatable bonds is 10. The molecule has 0 saturated heterocycles. The van der Waals surface area contributed by atoms with Gasteiger partial charge in [0.15, 0.2) is 0 Å². The van der Waals surface area contributed by atoms with Crippen molar-refractivity contribution in [3.63, 3.8) is 0 Å². The number of benzene rings is 8. The molecule has 14 aromatic rings. The van der Waals surface area contributed by atoms with Crippen LogP contribution < -0.4 is 0 Å². The smallest absolute Gasteiger partial charge is 0.137 e. The summed E-state index contributed by atoms with van der Waals surface area (Å²) in [4.78, 5) is 9.62. The Kier molecular flexibility index (Phi) is 15.7. The highest BCUT2D eigenvalue weighted by Gasteiger charge is 2.27. The highest BCUT2D eigenvalue weighted by Crippen LogP contribution is 2.39. The fourth-order valence-electron chi connectivity index (χ4n) is 10.8. The molecular formula is C62H40B11Br2N6. The highest BCUT2D eigenvalue weighted by molar-refractivity contribution is 9.10. The van der Waals surface area contributed by atoms with Crippen molar-refractivity contribution in [2.24, 2.45) is 0 Å². The van der Waals surface area contributed by atoms with Crippen molar-refractivity contribution < 1.29 is 0 Å². The fraction of sp³-hybridized carbons (Fsp3) is 0. The van der Waals surface area contributed by atoms with Crippen molar-refractivity contribution in [3.8, 4) is 56.1 Å². The van der Waals surface area contributed by atoms with Gasteiger partial charge in [0.2, 0.25) is 0 Å². The molecule has 8 aromatic carbocycles. The number of hydrogen-bond acceptors (Lipinski definition) is 2. The first-order valence-corrected chi connectivity index (χ1v) is 28.1. The average Bonchev–Trinajstić information content (AvgIpc) is 4.46. The molecule has 0 N–H and O–H groups in total. The van der Waals surface area contributed by atoms with Gasteiger partial charge in [-0.1, -0.05) is 141 Å². The van der Waals surface area contributed by atoms with Gasteiger partial charge in [0.05, 0.1) is 33.5 Å². The van der Waals surface area contributed by atoms with Gasteiger partial charge in [0.25, 0.3) is 0 Å². The number of hydrogen-bond donors (Lipinski definition) is 0. The van der Waals surface area contributed by atoms with Gasteiger partial charge in [-0.25, -0.2) is 9.97 Å². The van der Waals surface area contributed by atoms with E-state index in [4.69, 9.17) is 56.4 Å².